The van der Waals surface area contributed by atoms with Crippen LogP contribution in [-0.4, -0.2) is 19.6 Å². The lowest BCUT2D eigenvalue weighted by Gasteiger charge is -2.12. The number of aromatic nitrogens is 4. The molecule has 0 saturated heterocycles. The highest BCUT2D eigenvalue weighted by Gasteiger charge is 2.10. The molecule has 5 nitrogen and oxygen atoms in total. The quantitative estimate of drug-likeness (QED) is 0.804. The van der Waals surface area contributed by atoms with E-state index in [0.717, 1.165) is 27.7 Å². The van der Waals surface area contributed by atoms with Crippen molar-refractivity contribution in [1.29, 1.82) is 0 Å². The summed E-state index contributed by atoms with van der Waals surface area (Å²) in [7, 11) is 0. The maximum Gasteiger partial charge on any atom is 0.254 e. The van der Waals surface area contributed by atoms with Gasteiger partial charge in [0.15, 0.2) is 0 Å². The summed E-state index contributed by atoms with van der Waals surface area (Å²) in [6.07, 6.45) is 1.51. The summed E-state index contributed by atoms with van der Waals surface area (Å²) in [5.74, 6) is 1.52. The van der Waals surface area contributed by atoms with E-state index in [1.165, 1.54) is 6.33 Å². The van der Waals surface area contributed by atoms with E-state index >= 15 is 0 Å². The van der Waals surface area contributed by atoms with Gasteiger partial charge < -0.3 is 5.32 Å². The van der Waals surface area contributed by atoms with Crippen LogP contribution in [0.15, 0.2) is 30.6 Å². The summed E-state index contributed by atoms with van der Waals surface area (Å²) in [5, 5.41) is 8.34. The zero-order valence-corrected chi connectivity index (χ0v) is 12.0. The van der Waals surface area contributed by atoms with Crippen molar-refractivity contribution in [3.05, 3.63) is 52.4 Å². The van der Waals surface area contributed by atoms with E-state index in [9.17, 15) is 0 Å². The number of halogens is 1. The predicted octanol–water partition coefficient (Wildman–Crippen LogP) is 3.01. The number of nitrogens with zero attached hydrogens (tertiary/aromatic N) is 4. The Kier molecular flexibility index (Phi) is 3.28. The summed E-state index contributed by atoms with van der Waals surface area (Å²) >= 11 is 5.89. The number of benzene rings is 1. The van der Waals surface area contributed by atoms with Gasteiger partial charge in [-0.3, -0.25) is 0 Å². The average molecular weight is 288 g/mol. The summed E-state index contributed by atoms with van der Waals surface area (Å²) in [6, 6.07) is 7.76. The van der Waals surface area contributed by atoms with E-state index in [1.54, 1.807) is 4.52 Å². The van der Waals surface area contributed by atoms with Gasteiger partial charge in [0, 0.05) is 22.8 Å². The minimum Gasteiger partial charge on any atom is -0.366 e. The third-order valence-electron chi connectivity index (χ3n) is 3.28. The van der Waals surface area contributed by atoms with Crippen LogP contribution >= 0.6 is 11.6 Å². The maximum absolute atomic E-state index is 5.89. The zero-order chi connectivity index (χ0) is 14.1. The molecule has 0 spiro atoms. The van der Waals surface area contributed by atoms with E-state index < -0.39 is 0 Å². The van der Waals surface area contributed by atoms with Gasteiger partial charge in [-0.25, -0.2) is 4.98 Å². The van der Waals surface area contributed by atoms with E-state index in [2.05, 4.69) is 20.4 Å². The van der Waals surface area contributed by atoms with Crippen molar-refractivity contribution in [3.8, 4) is 0 Å². The third kappa shape index (κ3) is 2.32. The number of rotatable bonds is 3. The van der Waals surface area contributed by atoms with Crippen LogP contribution in [0.3, 0.4) is 0 Å². The normalized spacial score (nSPS) is 10.9. The second kappa shape index (κ2) is 5.09. The first-order chi connectivity index (χ1) is 9.65. The van der Waals surface area contributed by atoms with Gasteiger partial charge in [-0.15, -0.1) is 0 Å². The van der Waals surface area contributed by atoms with Gasteiger partial charge in [-0.1, -0.05) is 23.7 Å². The number of fused-ring (bicyclic) bond motifs is 1. The standard InChI is InChI=1S/C14H14ClN5/c1-9-10(2)19-14-17-8-18-20(14)13(9)16-7-11-3-5-12(15)6-4-11/h3-6,8,16H,7H2,1-2H3. The minimum absolute atomic E-state index is 0.603. The molecule has 1 aromatic carbocycles. The second-order valence-electron chi connectivity index (χ2n) is 4.62. The number of nitrogens with one attached hydrogen (secondary N) is 1. The fourth-order valence-electron chi connectivity index (χ4n) is 2.03. The van der Waals surface area contributed by atoms with Crippen molar-refractivity contribution in [1.82, 2.24) is 19.6 Å². The van der Waals surface area contributed by atoms with Gasteiger partial charge in [-0.2, -0.15) is 14.6 Å². The lowest BCUT2D eigenvalue weighted by Crippen LogP contribution is -2.09. The molecule has 3 rings (SSSR count). The lowest BCUT2D eigenvalue weighted by molar-refractivity contribution is 0.903. The van der Waals surface area contributed by atoms with E-state index in [4.69, 9.17) is 11.6 Å². The van der Waals surface area contributed by atoms with Gasteiger partial charge in [-0.05, 0) is 31.5 Å². The number of aryl methyl sites for hydroxylation is 1. The minimum atomic E-state index is 0.603. The van der Waals surface area contributed by atoms with Crippen LogP contribution < -0.4 is 5.32 Å². The Bertz CT molecular complexity index is 748. The maximum atomic E-state index is 5.89. The smallest absolute Gasteiger partial charge is 0.254 e. The summed E-state index contributed by atoms with van der Waals surface area (Å²) in [4.78, 5) is 8.53. The first-order valence-electron chi connectivity index (χ1n) is 6.30. The largest absolute Gasteiger partial charge is 0.366 e. The molecule has 0 aliphatic heterocycles. The lowest BCUT2D eigenvalue weighted by atomic mass is 10.2. The van der Waals surface area contributed by atoms with E-state index in [0.29, 0.717) is 12.3 Å². The highest BCUT2D eigenvalue weighted by molar-refractivity contribution is 6.30. The summed E-state index contributed by atoms with van der Waals surface area (Å²) < 4.78 is 1.72. The molecular weight excluding hydrogens is 274 g/mol. The highest BCUT2D eigenvalue weighted by atomic mass is 35.5. The van der Waals surface area contributed by atoms with E-state index in [-0.39, 0.29) is 0 Å². The monoisotopic (exact) mass is 287 g/mol. The Morgan fingerprint density at radius 3 is 2.70 bits per heavy atom. The van der Waals surface area contributed by atoms with Crippen molar-refractivity contribution in [2.75, 3.05) is 5.32 Å². The number of hydrogen-bond acceptors (Lipinski definition) is 4. The molecule has 20 heavy (non-hydrogen) atoms. The summed E-state index contributed by atoms with van der Waals surface area (Å²) in [5.41, 5.74) is 3.16. The molecule has 2 heterocycles. The molecule has 0 aliphatic rings. The predicted molar refractivity (Wildman–Crippen MR) is 79.0 cm³/mol. The van der Waals surface area contributed by atoms with Gasteiger partial charge in [0.2, 0.25) is 0 Å². The molecule has 0 amide bonds. The van der Waals surface area contributed by atoms with Crippen LogP contribution in [0.4, 0.5) is 5.82 Å². The second-order valence-corrected chi connectivity index (χ2v) is 5.06. The van der Waals surface area contributed by atoms with E-state index in [1.807, 2.05) is 38.1 Å². The van der Waals surface area contributed by atoms with Gasteiger partial charge in [0.05, 0.1) is 0 Å². The molecule has 1 N–H and O–H groups in total. The zero-order valence-electron chi connectivity index (χ0n) is 11.3. The molecular formula is C14H14ClN5. The fraction of sp³-hybridized carbons (Fsp3) is 0.214. The Hall–Kier alpha value is -2.14. The van der Waals surface area contributed by atoms with Gasteiger partial charge in [0.1, 0.15) is 12.1 Å². The first kappa shape index (κ1) is 12.9. The van der Waals surface area contributed by atoms with Crippen molar-refractivity contribution >= 4 is 23.2 Å². The molecule has 0 aliphatic carbocycles. The summed E-state index contributed by atoms with van der Waals surface area (Å²) in [6.45, 7) is 4.68. The highest BCUT2D eigenvalue weighted by Crippen LogP contribution is 2.19. The molecule has 0 bridgehead atoms. The average Bonchev–Trinajstić information content (AvgIpc) is 2.89. The first-order valence-corrected chi connectivity index (χ1v) is 6.68. The molecule has 0 radical (unpaired) electrons. The van der Waals surface area contributed by atoms with Gasteiger partial charge >= 0.3 is 0 Å². The molecule has 0 atom stereocenters. The third-order valence-corrected chi connectivity index (χ3v) is 3.53. The van der Waals surface area contributed by atoms with Crippen molar-refractivity contribution in [3.63, 3.8) is 0 Å². The fourth-order valence-corrected chi connectivity index (χ4v) is 2.15. The molecule has 0 fully saturated rings. The van der Waals surface area contributed by atoms with Gasteiger partial charge in [0.25, 0.3) is 5.78 Å². The Morgan fingerprint density at radius 2 is 1.95 bits per heavy atom. The SMILES string of the molecule is Cc1nc2ncnn2c(NCc2ccc(Cl)cc2)c1C. The van der Waals surface area contributed by atoms with Crippen molar-refractivity contribution in [2.45, 2.75) is 20.4 Å². The van der Waals surface area contributed by atoms with Crippen LogP contribution in [0.2, 0.25) is 5.02 Å². The molecule has 6 heteroatoms. The molecule has 0 unspecified atom stereocenters. The van der Waals surface area contributed by atoms with Crippen molar-refractivity contribution in [2.24, 2.45) is 0 Å². The van der Waals surface area contributed by atoms with Crippen LogP contribution in [0.1, 0.15) is 16.8 Å². The molecule has 3 aromatic rings. The van der Waals surface area contributed by atoms with Crippen molar-refractivity contribution < 1.29 is 0 Å². The Morgan fingerprint density at radius 1 is 1.20 bits per heavy atom. The Labute approximate surface area is 121 Å². The molecule has 2 aromatic heterocycles. The van der Waals surface area contributed by atoms with Crippen LogP contribution in [0, 0.1) is 13.8 Å². The number of anilines is 1. The molecule has 102 valence electrons. The van der Waals surface area contributed by atoms with Crippen LogP contribution in [-0.2, 0) is 6.54 Å². The topological polar surface area (TPSA) is 55.1 Å². The number of hydrogen-bond donors (Lipinski definition) is 1. The van der Waals surface area contributed by atoms with Crippen LogP contribution in [0.25, 0.3) is 5.78 Å². The Balaban J connectivity index is 1.92. The van der Waals surface area contributed by atoms with Crippen LogP contribution in [0.5, 0.6) is 0 Å². The molecule has 0 saturated carbocycles.